The van der Waals surface area contributed by atoms with E-state index in [1.807, 2.05) is 13.8 Å². The van der Waals surface area contributed by atoms with Gasteiger partial charge in [-0.25, -0.2) is 4.57 Å². The van der Waals surface area contributed by atoms with Crippen molar-refractivity contribution in [1.82, 2.24) is 0 Å². The van der Waals surface area contributed by atoms with E-state index >= 15 is 0 Å². The number of rotatable bonds is 2. The Morgan fingerprint density at radius 2 is 1.70 bits per heavy atom. The van der Waals surface area contributed by atoms with Gasteiger partial charge in [0.2, 0.25) is 5.69 Å². The summed E-state index contributed by atoms with van der Waals surface area (Å²) in [5.74, 6) is 1.78. The van der Waals surface area contributed by atoms with Crippen LogP contribution in [0.5, 0.6) is 11.5 Å². The summed E-state index contributed by atoms with van der Waals surface area (Å²) in [6.07, 6.45) is 2.84. The second-order valence-electron chi connectivity index (χ2n) is 9.82. The van der Waals surface area contributed by atoms with Gasteiger partial charge in [0, 0.05) is 11.5 Å². The summed E-state index contributed by atoms with van der Waals surface area (Å²) in [5, 5.41) is 16.7. The van der Waals surface area contributed by atoms with Crippen LogP contribution in [0.25, 0.3) is 43.6 Å². The number of nitriles is 1. The lowest BCUT2D eigenvalue weighted by atomic mass is 9.84. The molecule has 5 aromatic rings. The summed E-state index contributed by atoms with van der Waals surface area (Å²) < 4.78 is 8.85. The molecule has 0 saturated carbocycles. The van der Waals surface area contributed by atoms with E-state index in [9.17, 15) is 5.26 Å². The van der Waals surface area contributed by atoms with Gasteiger partial charge in [0.25, 0.3) is 0 Å². The van der Waals surface area contributed by atoms with Gasteiger partial charge < -0.3 is 4.74 Å². The third-order valence-electron chi connectivity index (χ3n) is 7.00. The maximum atomic E-state index is 9.62. The summed E-state index contributed by atoms with van der Waals surface area (Å²) >= 11 is 0. The van der Waals surface area contributed by atoms with Crippen molar-refractivity contribution in [3.8, 4) is 28.8 Å². The van der Waals surface area contributed by atoms with Crippen LogP contribution in [0.2, 0.25) is 0 Å². The molecular formula is C30H25N2O+. The molecule has 1 aliphatic heterocycles. The molecule has 0 radical (unpaired) electrons. The van der Waals surface area contributed by atoms with Crippen LogP contribution in [-0.2, 0) is 13.5 Å². The molecule has 0 N–H and O–H groups in total. The molecule has 0 aliphatic carbocycles. The van der Waals surface area contributed by atoms with Crippen molar-refractivity contribution in [2.75, 3.05) is 0 Å². The highest BCUT2D eigenvalue weighted by molar-refractivity contribution is 6.16. The van der Waals surface area contributed by atoms with Crippen molar-refractivity contribution in [1.29, 1.82) is 5.26 Å². The molecule has 160 valence electrons. The van der Waals surface area contributed by atoms with Gasteiger partial charge in [0.15, 0.2) is 6.20 Å². The zero-order valence-corrected chi connectivity index (χ0v) is 19.4. The number of pyridine rings is 1. The molecule has 2 heterocycles. The third kappa shape index (κ3) is 2.84. The second kappa shape index (κ2) is 6.80. The van der Waals surface area contributed by atoms with E-state index in [-0.39, 0.29) is 0 Å². The first-order chi connectivity index (χ1) is 15.9. The van der Waals surface area contributed by atoms with Crippen LogP contribution in [0, 0.1) is 23.7 Å². The number of aryl methyl sites for hydroxylation is 2. The Labute approximate surface area is 193 Å². The van der Waals surface area contributed by atoms with E-state index in [0.717, 1.165) is 27.8 Å². The average Bonchev–Trinajstić information content (AvgIpc) is 2.81. The van der Waals surface area contributed by atoms with Crippen LogP contribution in [-0.4, -0.2) is 0 Å². The molecule has 6 rings (SSSR count). The Kier molecular flexibility index (Phi) is 4.07. The van der Waals surface area contributed by atoms with Crippen molar-refractivity contribution in [2.24, 2.45) is 12.5 Å². The number of fused-ring (bicyclic) bond motifs is 5. The largest absolute Gasteiger partial charge is 0.456 e. The predicted octanol–water partition coefficient (Wildman–Crippen LogP) is 7.14. The number of aromatic nitrogens is 1. The molecule has 1 aliphatic rings. The normalized spacial score (nSPS) is 12.6. The highest BCUT2D eigenvalue weighted by Gasteiger charge is 2.31. The average molecular weight is 430 g/mol. The Hall–Kier alpha value is -3.90. The second-order valence-corrected chi connectivity index (χ2v) is 9.82. The maximum Gasteiger partial charge on any atom is 0.228 e. The standard InChI is InChI=1S/C30H25N2O/c1-18-21-10-6-5-8-19(21)14-25-27(18)29-28-23(12-13-32(29)4)22-11-7-9-20(16-30(2,3)17-31)24(22)15-26(28)33-25/h5-15H,16H2,1-4H3/q+1. The smallest absolute Gasteiger partial charge is 0.228 e. The molecule has 1 aromatic heterocycles. The first-order valence-corrected chi connectivity index (χ1v) is 11.4. The molecular weight excluding hydrogens is 404 g/mol. The van der Waals surface area contributed by atoms with Gasteiger partial charge in [-0.1, -0.05) is 42.5 Å². The summed E-state index contributed by atoms with van der Waals surface area (Å²) in [6, 6.07) is 23.9. The zero-order chi connectivity index (χ0) is 22.9. The van der Waals surface area contributed by atoms with Gasteiger partial charge in [0.1, 0.15) is 18.5 Å². The molecule has 0 bridgehead atoms. The van der Waals surface area contributed by atoms with Crippen LogP contribution < -0.4 is 9.30 Å². The summed E-state index contributed by atoms with van der Waals surface area (Å²) in [7, 11) is 2.11. The molecule has 0 unspecified atom stereocenters. The van der Waals surface area contributed by atoms with Gasteiger partial charge in [-0.05, 0) is 72.0 Å². The Bertz CT molecular complexity index is 1670. The minimum Gasteiger partial charge on any atom is -0.456 e. The lowest BCUT2D eigenvalue weighted by molar-refractivity contribution is -0.659. The van der Waals surface area contributed by atoms with Crippen molar-refractivity contribution in [3.63, 3.8) is 0 Å². The Balaban J connectivity index is 1.73. The molecule has 0 amide bonds. The quantitative estimate of drug-likeness (QED) is 0.217. The van der Waals surface area contributed by atoms with Gasteiger partial charge in [-0.3, -0.25) is 0 Å². The van der Waals surface area contributed by atoms with Crippen molar-refractivity contribution in [3.05, 3.63) is 78.0 Å². The van der Waals surface area contributed by atoms with Crippen molar-refractivity contribution < 1.29 is 9.30 Å². The fraction of sp³-hybridized carbons (Fsp3) is 0.200. The van der Waals surface area contributed by atoms with Gasteiger partial charge >= 0.3 is 0 Å². The third-order valence-corrected chi connectivity index (χ3v) is 7.00. The zero-order valence-electron chi connectivity index (χ0n) is 19.4. The number of nitrogens with zero attached hydrogens (tertiary/aromatic N) is 2. The van der Waals surface area contributed by atoms with Crippen LogP contribution >= 0.6 is 0 Å². The topological polar surface area (TPSA) is 36.9 Å². The van der Waals surface area contributed by atoms with Gasteiger partial charge in [-0.15, -0.1) is 0 Å². The van der Waals surface area contributed by atoms with Crippen LogP contribution in [0.15, 0.2) is 66.9 Å². The first kappa shape index (κ1) is 19.8. The lowest BCUT2D eigenvalue weighted by Crippen LogP contribution is -2.31. The molecule has 0 spiro atoms. The minimum absolute atomic E-state index is 0.432. The fourth-order valence-electron chi connectivity index (χ4n) is 5.39. The minimum atomic E-state index is -0.432. The molecule has 4 aromatic carbocycles. The monoisotopic (exact) mass is 429 g/mol. The Morgan fingerprint density at radius 1 is 0.909 bits per heavy atom. The number of hydrogen-bond donors (Lipinski definition) is 0. The van der Waals surface area contributed by atoms with Crippen molar-refractivity contribution >= 4 is 32.3 Å². The SMILES string of the molecule is Cc1c2c(cc3ccccc13)Oc1cc3c(CC(C)(C)C#N)cccc3c3cc[n+](C)c-2c13. The fourth-order valence-corrected chi connectivity index (χ4v) is 5.39. The van der Waals surface area contributed by atoms with Crippen LogP contribution in [0.4, 0.5) is 0 Å². The maximum absolute atomic E-state index is 9.62. The number of benzene rings is 4. The van der Waals surface area contributed by atoms with E-state index in [0.29, 0.717) is 6.42 Å². The van der Waals surface area contributed by atoms with Crippen LogP contribution in [0.3, 0.4) is 0 Å². The van der Waals surface area contributed by atoms with Crippen molar-refractivity contribution in [2.45, 2.75) is 27.2 Å². The Morgan fingerprint density at radius 3 is 2.52 bits per heavy atom. The van der Waals surface area contributed by atoms with E-state index in [1.165, 1.54) is 38.4 Å². The van der Waals surface area contributed by atoms with E-state index < -0.39 is 5.41 Å². The molecule has 0 atom stereocenters. The molecule has 3 heteroatoms. The van der Waals surface area contributed by atoms with E-state index in [4.69, 9.17) is 4.74 Å². The van der Waals surface area contributed by atoms with Gasteiger partial charge in [0.05, 0.1) is 22.4 Å². The summed E-state index contributed by atoms with van der Waals surface area (Å²) in [4.78, 5) is 0. The molecule has 0 saturated heterocycles. The first-order valence-electron chi connectivity index (χ1n) is 11.4. The summed E-state index contributed by atoms with van der Waals surface area (Å²) in [5.41, 5.74) is 4.34. The predicted molar refractivity (Wildman–Crippen MR) is 133 cm³/mol. The molecule has 0 fully saturated rings. The number of ether oxygens (including phenoxy) is 1. The molecule has 33 heavy (non-hydrogen) atoms. The number of hydrogen-bond acceptors (Lipinski definition) is 2. The molecule has 3 nitrogen and oxygen atoms in total. The van der Waals surface area contributed by atoms with E-state index in [1.54, 1.807) is 0 Å². The highest BCUT2D eigenvalue weighted by Crippen LogP contribution is 2.50. The highest BCUT2D eigenvalue weighted by atomic mass is 16.5. The lowest BCUT2D eigenvalue weighted by Gasteiger charge is -2.23. The van der Waals surface area contributed by atoms with Gasteiger partial charge in [-0.2, -0.15) is 5.26 Å². The summed E-state index contributed by atoms with van der Waals surface area (Å²) in [6.45, 7) is 6.18. The van der Waals surface area contributed by atoms with Crippen LogP contribution in [0.1, 0.15) is 25.0 Å². The van der Waals surface area contributed by atoms with E-state index in [2.05, 4.69) is 91.5 Å².